The lowest BCUT2D eigenvalue weighted by atomic mass is 10.1. The van der Waals surface area contributed by atoms with Crippen LogP contribution in [0.1, 0.15) is 11.1 Å². The van der Waals surface area contributed by atoms with Crippen molar-refractivity contribution < 1.29 is 14.3 Å². The molecule has 34 heavy (non-hydrogen) atoms. The molecule has 2 N–H and O–H groups in total. The second kappa shape index (κ2) is 12.0. The first-order valence-corrected chi connectivity index (χ1v) is 11.1. The molecule has 4 aromatic rings. The summed E-state index contributed by atoms with van der Waals surface area (Å²) in [4.78, 5) is 20.7. The molecule has 2 heterocycles. The highest BCUT2D eigenvalue weighted by Gasteiger charge is 2.09. The van der Waals surface area contributed by atoms with Gasteiger partial charge in [-0.1, -0.05) is 48.5 Å². The van der Waals surface area contributed by atoms with Crippen molar-refractivity contribution in [3.63, 3.8) is 0 Å². The molecule has 0 unspecified atom stereocenters. The van der Waals surface area contributed by atoms with Gasteiger partial charge in [0, 0.05) is 36.6 Å². The lowest BCUT2D eigenvalue weighted by Gasteiger charge is -2.13. The van der Waals surface area contributed by atoms with Gasteiger partial charge in [-0.2, -0.15) is 0 Å². The van der Waals surface area contributed by atoms with E-state index in [1.165, 1.54) is 0 Å². The third kappa shape index (κ3) is 6.80. The van der Waals surface area contributed by atoms with E-state index in [-0.39, 0.29) is 13.2 Å². The Kier molecular flexibility index (Phi) is 8.05. The van der Waals surface area contributed by atoms with Gasteiger partial charge >= 0.3 is 6.16 Å². The van der Waals surface area contributed by atoms with Gasteiger partial charge in [0.05, 0.1) is 13.2 Å². The van der Waals surface area contributed by atoms with Gasteiger partial charge in [-0.15, -0.1) is 0 Å². The van der Waals surface area contributed by atoms with Gasteiger partial charge < -0.3 is 20.1 Å². The van der Waals surface area contributed by atoms with E-state index in [0.29, 0.717) is 12.8 Å². The molecule has 0 spiro atoms. The largest absolute Gasteiger partial charge is 0.508 e. The Bertz CT molecular complexity index is 1090. The number of nitrogens with zero attached hydrogens (tertiary/aromatic N) is 2. The normalized spacial score (nSPS) is 10.4. The molecular weight excluding hydrogens is 428 g/mol. The van der Waals surface area contributed by atoms with Crippen molar-refractivity contribution in [2.75, 3.05) is 23.8 Å². The number of ether oxygens (including phenoxy) is 2. The van der Waals surface area contributed by atoms with Crippen molar-refractivity contribution in [2.24, 2.45) is 0 Å². The maximum Gasteiger partial charge on any atom is 0.508 e. The van der Waals surface area contributed by atoms with E-state index in [2.05, 4.69) is 20.6 Å². The van der Waals surface area contributed by atoms with Crippen LogP contribution in [-0.2, 0) is 22.3 Å². The highest BCUT2D eigenvalue weighted by Crippen LogP contribution is 2.21. The minimum absolute atomic E-state index is 0.220. The van der Waals surface area contributed by atoms with Crippen molar-refractivity contribution in [3.8, 4) is 0 Å². The average molecular weight is 455 g/mol. The summed E-state index contributed by atoms with van der Waals surface area (Å²) in [5.41, 5.74) is 3.90. The molecule has 0 aliphatic heterocycles. The second-order valence-corrected chi connectivity index (χ2v) is 7.44. The number of pyridine rings is 2. The van der Waals surface area contributed by atoms with E-state index >= 15 is 0 Å². The fourth-order valence-corrected chi connectivity index (χ4v) is 3.40. The molecule has 0 aliphatic carbocycles. The fraction of sp³-hybridized carbons (Fsp3) is 0.148. The Hall–Kier alpha value is -4.39. The predicted octanol–water partition coefficient (Wildman–Crippen LogP) is 5.90. The zero-order valence-electron chi connectivity index (χ0n) is 18.7. The summed E-state index contributed by atoms with van der Waals surface area (Å²) in [6.07, 6.45) is 3.91. The van der Waals surface area contributed by atoms with Crippen molar-refractivity contribution in [1.82, 2.24) is 9.97 Å². The van der Waals surface area contributed by atoms with Crippen LogP contribution in [0, 0.1) is 0 Å². The fourth-order valence-electron chi connectivity index (χ4n) is 3.40. The van der Waals surface area contributed by atoms with Crippen LogP contribution in [-0.4, -0.2) is 29.3 Å². The molecule has 7 nitrogen and oxygen atoms in total. The van der Waals surface area contributed by atoms with Crippen LogP contribution in [0.25, 0.3) is 0 Å². The third-order valence-electron chi connectivity index (χ3n) is 5.07. The highest BCUT2D eigenvalue weighted by molar-refractivity contribution is 5.62. The maximum absolute atomic E-state index is 12.1. The number of hydrogen-bond donors (Lipinski definition) is 2. The third-order valence-corrected chi connectivity index (χ3v) is 5.07. The van der Waals surface area contributed by atoms with Gasteiger partial charge in [0.15, 0.2) is 0 Å². The van der Waals surface area contributed by atoms with Crippen LogP contribution >= 0.6 is 0 Å². The minimum Gasteiger partial charge on any atom is -0.434 e. The van der Waals surface area contributed by atoms with Gasteiger partial charge in [0.1, 0.15) is 11.6 Å². The number of nitrogens with one attached hydrogen (secondary N) is 2. The van der Waals surface area contributed by atoms with E-state index in [1.807, 2.05) is 84.9 Å². The van der Waals surface area contributed by atoms with Crippen molar-refractivity contribution >= 4 is 29.2 Å². The van der Waals surface area contributed by atoms with E-state index in [1.54, 1.807) is 12.4 Å². The molecule has 2 aromatic heterocycles. The van der Waals surface area contributed by atoms with Gasteiger partial charge in [-0.25, -0.2) is 14.8 Å². The molecule has 2 aromatic carbocycles. The Morgan fingerprint density at radius 3 is 1.50 bits per heavy atom. The zero-order valence-corrected chi connectivity index (χ0v) is 18.7. The van der Waals surface area contributed by atoms with Crippen LogP contribution in [0.3, 0.4) is 0 Å². The van der Waals surface area contributed by atoms with Crippen LogP contribution in [0.4, 0.5) is 27.8 Å². The Morgan fingerprint density at radius 2 is 1.06 bits per heavy atom. The van der Waals surface area contributed by atoms with E-state index in [4.69, 9.17) is 9.47 Å². The predicted molar refractivity (Wildman–Crippen MR) is 133 cm³/mol. The number of hydrogen-bond acceptors (Lipinski definition) is 7. The first kappa shape index (κ1) is 22.8. The maximum atomic E-state index is 12.1. The monoisotopic (exact) mass is 454 g/mol. The van der Waals surface area contributed by atoms with Crippen LogP contribution in [0.5, 0.6) is 0 Å². The van der Waals surface area contributed by atoms with E-state index in [0.717, 1.165) is 34.1 Å². The SMILES string of the molecule is O=C(OCCc1ccccc1Nc1ccccn1)OCCc1ccccc1Nc1ccccn1. The lowest BCUT2D eigenvalue weighted by Crippen LogP contribution is -2.12. The molecular formula is C27H26N4O3. The average Bonchev–Trinajstić information content (AvgIpc) is 2.87. The first-order valence-electron chi connectivity index (χ1n) is 11.1. The van der Waals surface area contributed by atoms with Crippen molar-refractivity contribution in [2.45, 2.75) is 12.8 Å². The summed E-state index contributed by atoms with van der Waals surface area (Å²) < 4.78 is 10.6. The lowest BCUT2D eigenvalue weighted by molar-refractivity contribution is 0.0569. The topological polar surface area (TPSA) is 85.4 Å². The summed E-state index contributed by atoms with van der Waals surface area (Å²) in [5.74, 6) is 1.51. The molecule has 0 atom stereocenters. The van der Waals surface area contributed by atoms with Gasteiger partial charge in [0.25, 0.3) is 0 Å². The molecule has 4 rings (SSSR count). The van der Waals surface area contributed by atoms with Crippen molar-refractivity contribution in [3.05, 3.63) is 108 Å². The van der Waals surface area contributed by atoms with Gasteiger partial charge in [-0.3, -0.25) is 0 Å². The molecule has 0 amide bonds. The zero-order chi connectivity index (χ0) is 23.4. The van der Waals surface area contributed by atoms with Crippen LogP contribution in [0.15, 0.2) is 97.3 Å². The molecule has 0 saturated heterocycles. The number of benzene rings is 2. The molecule has 0 aliphatic rings. The first-order chi connectivity index (χ1) is 16.8. The summed E-state index contributed by atoms with van der Waals surface area (Å²) in [6.45, 7) is 0.440. The summed E-state index contributed by atoms with van der Waals surface area (Å²) >= 11 is 0. The minimum atomic E-state index is -0.676. The number of carbonyl (C=O) groups is 1. The van der Waals surface area contributed by atoms with Crippen molar-refractivity contribution in [1.29, 1.82) is 0 Å². The molecule has 7 heteroatoms. The van der Waals surface area contributed by atoms with Gasteiger partial charge in [0.2, 0.25) is 0 Å². The molecule has 0 bridgehead atoms. The summed E-state index contributed by atoms with van der Waals surface area (Å²) in [7, 11) is 0. The summed E-state index contributed by atoms with van der Waals surface area (Å²) in [6, 6.07) is 27.1. The quantitative estimate of drug-likeness (QED) is 0.288. The van der Waals surface area contributed by atoms with Gasteiger partial charge in [-0.05, 0) is 47.5 Å². The molecule has 172 valence electrons. The molecule has 0 fully saturated rings. The standard InChI is InChI=1S/C27H26N4O3/c32-27(33-19-15-21-9-1-3-11-23(21)30-25-13-5-7-17-28-25)34-20-16-22-10-2-4-12-24(22)31-26-14-6-8-18-29-26/h1-14,17-18H,15-16,19-20H2,(H,28,30)(H,29,31). The Balaban J connectivity index is 1.23. The number of rotatable bonds is 10. The van der Waals surface area contributed by atoms with Crippen LogP contribution < -0.4 is 10.6 Å². The molecule has 0 saturated carbocycles. The van der Waals surface area contributed by atoms with Crippen LogP contribution in [0.2, 0.25) is 0 Å². The Morgan fingerprint density at radius 1 is 0.618 bits per heavy atom. The highest BCUT2D eigenvalue weighted by atomic mass is 16.7. The van der Waals surface area contributed by atoms with E-state index in [9.17, 15) is 4.79 Å². The number of carbonyl (C=O) groups excluding carboxylic acids is 1. The Labute approximate surface area is 198 Å². The smallest absolute Gasteiger partial charge is 0.434 e. The number of aromatic nitrogens is 2. The van der Waals surface area contributed by atoms with E-state index < -0.39 is 6.16 Å². The summed E-state index contributed by atoms with van der Waals surface area (Å²) in [5, 5.41) is 6.58. The number of anilines is 4. The number of para-hydroxylation sites is 2. The molecule has 0 radical (unpaired) electrons. The second-order valence-electron chi connectivity index (χ2n) is 7.44.